The van der Waals surface area contributed by atoms with Crippen LogP contribution in [0.25, 0.3) is 0 Å². The highest BCUT2D eigenvalue weighted by atomic mass is 32.2. The summed E-state index contributed by atoms with van der Waals surface area (Å²) < 4.78 is 39.4. The van der Waals surface area contributed by atoms with Gasteiger partial charge in [-0.25, -0.2) is 13.1 Å². The molecule has 1 N–H and O–H groups in total. The Kier molecular flexibility index (Phi) is 5.65. The zero-order chi connectivity index (χ0) is 18.6. The van der Waals surface area contributed by atoms with Crippen LogP contribution in [0.15, 0.2) is 53.4 Å². The molecule has 3 rings (SSSR count). The molecule has 0 atom stereocenters. The third-order valence-electron chi connectivity index (χ3n) is 5.06. The summed E-state index contributed by atoms with van der Waals surface area (Å²) in [6.45, 7) is 3.45. The van der Waals surface area contributed by atoms with Gasteiger partial charge < -0.3 is 9.47 Å². The van der Waals surface area contributed by atoms with Crippen molar-refractivity contribution in [1.29, 1.82) is 0 Å². The normalized spacial score (nSPS) is 17.0. The van der Waals surface area contributed by atoms with Crippen molar-refractivity contribution in [1.82, 2.24) is 4.72 Å². The second-order valence-electron chi connectivity index (χ2n) is 6.73. The van der Waals surface area contributed by atoms with Crippen LogP contribution >= 0.6 is 0 Å². The zero-order valence-electron chi connectivity index (χ0n) is 15.2. The molecule has 0 bridgehead atoms. The maximum Gasteiger partial charge on any atom is 0.240 e. The lowest BCUT2D eigenvalue weighted by Crippen LogP contribution is -2.44. The topological polar surface area (TPSA) is 64.6 Å². The maximum absolute atomic E-state index is 12.7. The van der Waals surface area contributed by atoms with E-state index in [1.807, 2.05) is 31.2 Å². The van der Waals surface area contributed by atoms with Gasteiger partial charge in [-0.15, -0.1) is 0 Å². The molecule has 1 saturated heterocycles. The second-order valence-corrected chi connectivity index (χ2v) is 8.50. The van der Waals surface area contributed by atoms with Crippen molar-refractivity contribution in [3.63, 3.8) is 0 Å². The molecule has 0 saturated carbocycles. The molecule has 2 aromatic carbocycles. The summed E-state index contributed by atoms with van der Waals surface area (Å²) in [5.41, 5.74) is 1.71. The molecular formula is C20H25NO4S. The van der Waals surface area contributed by atoms with E-state index >= 15 is 0 Å². The lowest BCUT2D eigenvalue weighted by Gasteiger charge is -2.38. The molecule has 140 valence electrons. The molecule has 0 amide bonds. The minimum Gasteiger partial charge on any atom is -0.496 e. The Morgan fingerprint density at radius 1 is 1.08 bits per heavy atom. The van der Waals surface area contributed by atoms with Gasteiger partial charge in [0.2, 0.25) is 10.0 Å². The van der Waals surface area contributed by atoms with Crippen molar-refractivity contribution in [2.75, 3.05) is 26.9 Å². The third-order valence-corrected chi connectivity index (χ3v) is 6.48. The Bertz CT molecular complexity index is 840. The number of hydrogen-bond acceptors (Lipinski definition) is 4. The van der Waals surface area contributed by atoms with Gasteiger partial charge in [-0.1, -0.05) is 35.9 Å². The van der Waals surface area contributed by atoms with E-state index < -0.39 is 10.0 Å². The number of para-hydroxylation sites is 1. The first-order chi connectivity index (χ1) is 12.5. The molecule has 1 heterocycles. The largest absolute Gasteiger partial charge is 0.496 e. The minimum atomic E-state index is -3.57. The Balaban J connectivity index is 1.89. The lowest BCUT2D eigenvalue weighted by molar-refractivity contribution is 0.0509. The van der Waals surface area contributed by atoms with Crippen LogP contribution in [0, 0.1) is 6.92 Å². The summed E-state index contributed by atoms with van der Waals surface area (Å²) >= 11 is 0. The van der Waals surface area contributed by atoms with E-state index in [2.05, 4.69) is 4.72 Å². The first kappa shape index (κ1) is 18.9. The van der Waals surface area contributed by atoms with Gasteiger partial charge in [0.1, 0.15) is 5.75 Å². The molecule has 1 aliphatic rings. The van der Waals surface area contributed by atoms with Crippen molar-refractivity contribution < 1.29 is 17.9 Å². The predicted molar refractivity (Wildman–Crippen MR) is 101 cm³/mol. The second kappa shape index (κ2) is 7.78. The van der Waals surface area contributed by atoms with Crippen molar-refractivity contribution in [2.24, 2.45) is 0 Å². The maximum atomic E-state index is 12.7. The first-order valence-electron chi connectivity index (χ1n) is 8.74. The Labute approximate surface area is 155 Å². The Hall–Kier alpha value is -1.89. The molecule has 1 aliphatic heterocycles. The quantitative estimate of drug-likeness (QED) is 0.843. The fraction of sp³-hybridized carbons (Fsp3) is 0.400. The fourth-order valence-corrected chi connectivity index (χ4v) is 4.55. The first-order valence-corrected chi connectivity index (χ1v) is 10.2. The van der Waals surface area contributed by atoms with Crippen molar-refractivity contribution in [3.05, 3.63) is 59.7 Å². The molecule has 0 spiro atoms. The van der Waals surface area contributed by atoms with E-state index in [-0.39, 0.29) is 10.3 Å². The van der Waals surface area contributed by atoms with Crippen LogP contribution in [0.3, 0.4) is 0 Å². The smallest absolute Gasteiger partial charge is 0.240 e. The van der Waals surface area contributed by atoms with E-state index in [9.17, 15) is 8.42 Å². The van der Waals surface area contributed by atoms with Crippen molar-refractivity contribution >= 4 is 10.0 Å². The molecule has 0 radical (unpaired) electrons. The van der Waals surface area contributed by atoms with Gasteiger partial charge in [-0.2, -0.15) is 0 Å². The zero-order valence-corrected chi connectivity index (χ0v) is 16.0. The summed E-state index contributed by atoms with van der Waals surface area (Å²) in [5, 5.41) is 0. The monoisotopic (exact) mass is 375 g/mol. The summed E-state index contributed by atoms with van der Waals surface area (Å²) in [7, 11) is -1.93. The number of benzene rings is 2. The van der Waals surface area contributed by atoms with Crippen molar-refractivity contribution in [2.45, 2.75) is 30.1 Å². The van der Waals surface area contributed by atoms with Gasteiger partial charge in [-0.05, 0) is 38.0 Å². The average Bonchev–Trinajstić information content (AvgIpc) is 2.67. The van der Waals surface area contributed by atoms with Crippen LogP contribution < -0.4 is 9.46 Å². The number of sulfonamides is 1. The van der Waals surface area contributed by atoms with Gasteiger partial charge in [0.15, 0.2) is 0 Å². The van der Waals surface area contributed by atoms with E-state index in [4.69, 9.17) is 9.47 Å². The van der Waals surface area contributed by atoms with Crippen LogP contribution in [0.1, 0.15) is 24.0 Å². The predicted octanol–water partition coefficient (Wildman–Crippen LogP) is 3.03. The summed E-state index contributed by atoms with van der Waals surface area (Å²) in [6.07, 6.45) is 1.48. The van der Waals surface area contributed by atoms with Crippen LogP contribution in [-0.2, 0) is 20.2 Å². The molecule has 0 aliphatic carbocycles. The van der Waals surface area contributed by atoms with Crippen LogP contribution in [0.2, 0.25) is 0 Å². The van der Waals surface area contributed by atoms with Gasteiger partial charge in [0.25, 0.3) is 0 Å². The number of ether oxygens (including phenoxy) is 2. The SMILES string of the molecule is COc1ccccc1C1(CNS(=O)(=O)c2ccc(C)cc2)CCOCC1. The Morgan fingerprint density at radius 2 is 1.73 bits per heavy atom. The average molecular weight is 375 g/mol. The standard InChI is InChI=1S/C20H25NO4S/c1-16-7-9-17(10-8-16)26(22,23)21-15-20(11-13-25-14-12-20)18-5-3-4-6-19(18)24-2/h3-10,21H,11-15H2,1-2H3. The van der Waals surface area contributed by atoms with E-state index in [1.54, 1.807) is 31.4 Å². The number of rotatable bonds is 6. The Morgan fingerprint density at radius 3 is 2.38 bits per heavy atom. The molecule has 1 fully saturated rings. The van der Waals surface area contributed by atoms with Gasteiger partial charge in [0, 0.05) is 30.7 Å². The lowest BCUT2D eigenvalue weighted by atomic mass is 9.74. The number of hydrogen-bond donors (Lipinski definition) is 1. The molecule has 2 aromatic rings. The molecule has 26 heavy (non-hydrogen) atoms. The third kappa shape index (κ3) is 3.92. The molecule has 5 nitrogen and oxygen atoms in total. The molecule has 0 aromatic heterocycles. The minimum absolute atomic E-state index is 0.283. The van der Waals surface area contributed by atoms with E-state index in [0.29, 0.717) is 19.8 Å². The molecular weight excluding hydrogens is 350 g/mol. The number of nitrogens with one attached hydrogen (secondary N) is 1. The highest BCUT2D eigenvalue weighted by molar-refractivity contribution is 7.89. The summed E-state index contributed by atoms with van der Waals surface area (Å²) in [6, 6.07) is 14.7. The summed E-state index contributed by atoms with van der Waals surface area (Å²) in [4.78, 5) is 0.283. The van der Waals surface area contributed by atoms with Gasteiger partial charge >= 0.3 is 0 Å². The van der Waals surface area contributed by atoms with Crippen molar-refractivity contribution in [3.8, 4) is 5.75 Å². The van der Waals surface area contributed by atoms with Crippen LogP contribution in [-0.4, -0.2) is 35.3 Å². The number of methoxy groups -OCH3 is 1. The van der Waals surface area contributed by atoms with Crippen LogP contribution in [0.4, 0.5) is 0 Å². The molecule has 0 unspecified atom stereocenters. The number of aryl methyl sites for hydroxylation is 1. The van der Waals surface area contributed by atoms with E-state index in [1.165, 1.54) is 0 Å². The summed E-state index contributed by atoms with van der Waals surface area (Å²) in [5.74, 6) is 0.781. The highest BCUT2D eigenvalue weighted by Gasteiger charge is 2.37. The highest BCUT2D eigenvalue weighted by Crippen LogP contribution is 2.39. The van der Waals surface area contributed by atoms with Crippen LogP contribution in [0.5, 0.6) is 5.75 Å². The molecule has 6 heteroatoms. The van der Waals surface area contributed by atoms with Gasteiger partial charge in [0.05, 0.1) is 12.0 Å². The fourth-order valence-electron chi connectivity index (χ4n) is 3.42. The van der Waals surface area contributed by atoms with Gasteiger partial charge in [-0.3, -0.25) is 0 Å². The van der Waals surface area contributed by atoms with E-state index in [0.717, 1.165) is 29.7 Å².